The van der Waals surface area contributed by atoms with Gasteiger partial charge in [0.25, 0.3) is 0 Å². The molecule has 0 saturated carbocycles. The van der Waals surface area contributed by atoms with E-state index in [-0.39, 0.29) is 11.8 Å². The van der Waals surface area contributed by atoms with Crippen LogP contribution in [0.25, 0.3) is 10.8 Å². The van der Waals surface area contributed by atoms with E-state index in [1.165, 1.54) is 10.9 Å². The van der Waals surface area contributed by atoms with Crippen LogP contribution in [0.5, 0.6) is 5.75 Å². The molecule has 0 aromatic heterocycles. The number of aryl methyl sites for hydroxylation is 1. The predicted octanol–water partition coefficient (Wildman–Crippen LogP) is 6.08. The fourth-order valence-corrected chi connectivity index (χ4v) is 4.98. The quantitative estimate of drug-likeness (QED) is 0.244. The van der Waals surface area contributed by atoms with Crippen LogP contribution in [0.15, 0.2) is 30.3 Å². The molecule has 34 heavy (non-hydrogen) atoms. The van der Waals surface area contributed by atoms with E-state index in [9.17, 15) is 0 Å². The molecular formula is C27H43BO5Si. The standard InChI is InChI=1S/C27H43BO5Si/c1-25(2,3)34(9,10)31-16-12-15-20-13-11-14-21-17-22(30-19-29-8)18-23(24(20)21)28-32-26(4,5)27(6,7)33-28/h11,13-14,17-18H,12,15-16,19H2,1-10H3. The lowest BCUT2D eigenvalue weighted by atomic mass is 9.74. The minimum Gasteiger partial charge on any atom is -0.468 e. The first-order chi connectivity index (χ1) is 15.7. The third kappa shape index (κ3) is 5.71. The van der Waals surface area contributed by atoms with E-state index >= 15 is 0 Å². The van der Waals surface area contributed by atoms with Gasteiger partial charge in [-0.05, 0) is 92.6 Å². The third-order valence-corrected chi connectivity index (χ3v) is 12.3. The summed E-state index contributed by atoms with van der Waals surface area (Å²) < 4.78 is 30.3. The van der Waals surface area contributed by atoms with Crippen molar-refractivity contribution in [2.24, 2.45) is 0 Å². The molecule has 0 radical (unpaired) electrons. The fourth-order valence-electron chi connectivity index (χ4n) is 3.89. The highest BCUT2D eigenvalue weighted by molar-refractivity contribution is 6.74. The Kier molecular flexibility index (Phi) is 7.95. The molecule has 2 aromatic rings. The summed E-state index contributed by atoms with van der Waals surface area (Å²) >= 11 is 0. The van der Waals surface area contributed by atoms with E-state index in [1.54, 1.807) is 7.11 Å². The maximum absolute atomic E-state index is 6.45. The predicted molar refractivity (Wildman–Crippen MR) is 144 cm³/mol. The minimum absolute atomic E-state index is 0.193. The first kappa shape index (κ1) is 27.2. The number of rotatable bonds is 9. The number of hydrogen-bond donors (Lipinski definition) is 0. The Balaban J connectivity index is 1.93. The maximum Gasteiger partial charge on any atom is 0.495 e. The van der Waals surface area contributed by atoms with Gasteiger partial charge >= 0.3 is 7.12 Å². The molecule has 0 aliphatic carbocycles. The number of methoxy groups -OCH3 is 1. The van der Waals surface area contributed by atoms with Crippen LogP contribution in [0.2, 0.25) is 18.1 Å². The highest BCUT2D eigenvalue weighted by Gasteiger charge is 2.52. The first-order valence-corrected chi connectivity index (χ1v) is 15.3. The van der Waals surface area contributed by atoms with Gasteiger partial charge in [0.2, 0.25) is 0 Å². The summed E-state index contributed by atoms with van der Waals surface area (Å²) in [4.78, 5) is 0. The summed E-state index contributed by atoms with van der Waals surface area (Å²) in [6, 6.07) is 10.6. The second-order valence-corrected chi connectivity index (χ2v) is 16.7. The number of fused-ring (bicyclic) bond motifs is 1. The third-order valence-electron chi connectivity index (χ3n) is 7.78. The molecule has 0 bridgehead atoms. The Labute approximate surface area is 207 Å². The molecule has 5 nitrogen and oxygen atoms in total. The van der Waals surface area contributed by atoms with Crippen molar-refractivity contribution in [3.05, 3.63) is 35.9 Å². The van der Waals surface area contributed by atoms with Crippen LogP contribution in [0.4, 0.5) is 0 Å². The Morgan fingerprint density at radius 1 is 1.00 bits per heavy atom. The SMILES string of the molecule is COCOc1cc(B2OC(C)(C)C(C)(C)O2)c2c(CCCO[Si](C)(C)C(C)(C)C)cccc2c1. The topological polar surface area (TPSA) is 46.2 Å². The van der Waals surface area contributed by atoms with Crippen molar-refractivity contribution in [1.29, 1.82) is 0 Å². The van der Waals surface area contributed by atoms with Gasteiger partial charge in [-0.25, -0.2) is 0 Å². The molecule has 1 aliphatic heterocycles. The molecule has 0 N–H and O–H groups in total. The van der Waals surface area contributed by atoms with Gasteiger partial charge in [-0.3, -0.25) is 0 Å². The van der Waals surface area contributed by atoms with Crippen LogP contribution in [0, 0.1) is 0 Å². The smallest absolute Gasteiger partial charge is 0.468 e. The van der Waals surface area contributed by atoms with Crippen LogP contribution in [0.1, 0.15) is 60.5 Å². The van der Waals surface area contributed by atoms with Crippen molar-refractivity contribution in [1.82, 2.24) is 0 Å². The zero-order valence-corrected chi connectivity index (χ0v) is 23.8. The van der Waals surface area contributed by atoms with Crippen molar-refractivity contribution in [3.63, 3.8) is 0 Å². The van der Waals surface area contributed by atoms with Gasteiger partial charge in [0.05, 0.1) is 11.2 Å². The van der Waals surface area contributed by atoms with Crippen molar-refractivity contribution in [3.8, 4) is 5.75 Å². The summed E-state index contributed by atoms with van der Waals surface area (Å²) in [5.41, 5.74) is 1.45. The number of benzene rings is 2. The molecule has 3 rings (SSSR count). The van der Waals surface area contributed by atoms with E-state index < -0.39 is 26.6 Å². The van der Waals surface area contributed by atoms with Crippen LogP contribution < -0.4 is 10.2 Å². The summed E-state index contributed by atoms with van der Waals surface area (Å²) in [7, 11) is -0.594. The highest BCUT2D eigenvalue weighted by Crippen LogP contribution is 2.38. The van der Waals surface area contributed by atoms with E-state index in [0.717, 1.165) is 36.0 Å². The van der Waals surface area contributed by atoms with Crippen molar-refractivity contribution < 1.29 is 23.2 Å². The van der Waals surface area contributed by atoms with Crippen molar-refractivity contribution >= 4 is 31.7 Å². The van der Waals surface area contributed by atoms with Gasteiger partial charge in [-0.15, -0.1) is 0 Å². The Hall–Kier alpha value is -1.38. The lowest BCUT2D eigenvalue weighted by Crippen LogP contribution is -2.41. The Morgan fingerprint density at radius 2 is 1.65 bits per heavy atom. The molecular weight excluding hydrogens is 443 g/mol. The van der Waals surface area contributed by atoms with Gasteiger partial charge < -0.3 is 23.2 Å². The second kappa shape index (κ2) is 9.94. The molecule has 0 unspecified atom stereocenters. The molecule has 0 atom stereocenters. The van der Waals surface area contributed by atoms with Crippen LogP contribution in [-0.4, -0.2) is 47.1 Å². The highest BCUT2D eigenvalue weighted by atomic mass is 28.4. The minimum atomic E-state index is -1.75. The van der Waals surface area contributed by atoms with Crippen LogP contribution in [-0.2, 0) is 24.9 Å². The van der Waals surface area contributed by atoms with Crippen molar-refractivity contribution in [2.75, 3.05) is 20.5 Å². The molecule has 1 heterocycles. The molecule has 1 saturated heterocycles. The molecule has 0 spiro atoms. The monoisotopic (exact) mass is 486 g/mol. The molecule has 188 valence electrons. The second-order valence-electron chi connectivity index (χ2n) is 11.9. The van der Waals surface area contributed by atoms with Crippen molar-refractivity contribution in [2.45, 2.75) is 90.6 Å². The average Bonchev–Trinajstić information content (AvgIpc) is 2.95. The Morgan fingerprint density at radius 3 is 2.24 bits per heavy atom. The van der Waals surface area contributed by atoms with Gasteiger partial charge in [0.15, 0.2) is 15.1 Å². The van der Waals surface area contributed by atoms with Gasteiger partial charge in [-0.1, -0.05) is 39.0 Å². The molecule has 1 aliphatic rings. The van der Waals surface area contributed by atoms with E-state index in [0.29, 0.717) is 0 Å². The van der Waals surface area contributed by atoms with E-state index in [1.807, 2.05) is 6.07 Å². The Bertz CT molecular complexity index is 980. The summed E-state index contributed by atoms with van der Waals surface area (Å²) in [6.07, 6.45) is 1.90. The van der Waals surface area contributed by atoms with Gasteiger partial charge in [0.1, 0.15) is 5.75 Å². The largest absolute Gasteiger partial charge is 0.495 e. The lowest BCUT2D eigenvalue weighted by Gasteiger charge is -2.36. The van der Waals surface area contributed by atoms with E-state index in [2.05, 4.69) is 85.8 Å². The van der Waals surface area contributed by atoms with Gasteiger partial charge in [0, 0.05) is 13.7 Å². The summed E-state index contributed by atoms with van der Waals surface area (Å²) in [6.45, 7) is 20.8. The zero-order valence-electron chi connectivity index (χ0n) is 22.8. The zero-order chi connectivity index (χ0) is 25.4. The molecule has 2 aromatic carbocycles. The molecule has 7 heteroatoms. The van der Waals surface area contributed by atoms with Crippen LogP contribution in [0.3, 0.4) is 0 Å². The van der Waals surface area contributed by atoms with Crippen LogP contribution >= 0.6 is 0 Å². The molecule has 0 amide bonds. The fraction of sp³-hybridized carbons (Fsp3) is 0.630. The summed E-state index contributed by atoms with van der Waals surface area (Å²) in [5.74, 6) is 0.748. The normalized spacial score (nSPS) is 18.0. The lowest BCUT2D eigenvalue weighted by molar-refractivity contribution is 0.00578. The first-order valence-electron chi connectivity index (χ1n) is 12.4. The molecule has 1 fully saturated rings. The van der Waals surface area contributed by atoms with E-state index in [4.69, 9.17) is 23.2 Å². The number of ether oxygens (including phenoxy) is 2. The number of hydrogen-bond acceptors (Lipinski definition) is 5. The van der Waals surface area contributed by atoms with Gasteiger partial charge in [-0.2, -0.15) is 0 Å². The summed E-state index contributed by atoms with van der Waals surface area (Å²) in [5, 5.41) is 2.51. The average molecular weight is 487 g/mol. The maximum atomic E-state index is 6.45.